The van der Waals surface area contributed by atoms with E-state index in [-0.39, 0.29) is 6.61 Å². The topological polar surface area (TPSA) is 78.0 Å². The molecule has 2 aromatic heterocycles. The van der Waals surface area contributed by atoms with Gasteiger partial charge in [-0.25, -0.2) is 9.97 Å². The summed E-state index contributed by atoms with van der Waals surface area (Å²) < 4.78 is 2.00. The van der Waals surface area contributed by atoms with Crippen molar-refractivity contribution in [1.82, 2.24) is 14.4 Å². The van der Waals surface area contributed by atoms with E-state index in [2.05, 4.69) is 62.7 Å². The van der Waals surface area contributed by atoms with Gasteiger partial charge < -0.3 is 19.7 Å². The van der Waals surface area contributed by atoms with Gasteiger partial charge in [0.25, 0.3) is 0 Å². The van der Waals surface area contributed by atoms with Crippen LogP contribution < -0.4 is 10.2 Å². The summed E-state index contributed by atoms with van der Waals surface area (Å²) in [5.41, 5.74) is 7.28. The highest BCUT2D eigenvalue weighted by Gasteiger charge is 2.21. The van der Waals surface area contributed by atoms with Crippen molar-refractivity contribution in [1.29, 1.82) is 0 Å². The van der Waals surface area contributed by atoms with E-state index in [1.807, 2.05) is 23.0 Å². The van der Waals surface area contributed by atoms with Gasteiger partial charge in [-0.05, 0) is 47.9 Å². The summed E-state index contributed by atoms with van der Waals surface area (Å²) in [5.74, 6) is 1.10. The van der Waals surface area contributed by atoms with Crippen LogP contribution in [0.2, 0.25) is 0 Å². The lowest BCUT2D eigenvalue weighted by Crippen LogP contribution is -2.20. The molecule has 1 atom stereocenters. The van der Waals surface area contributed by atoms with Crippen molar-refractivity contribution >= 4 is 29.1 Å². The Labute approximate surface area is 186 Å². The molecule has 2 aromatic carbocycles. The lowest BCUT2D eigenvalue weighted by molar-refractivity contribution is 0.238. The van der Waals surface area contributed by atoms with E-state index in [0.717, 1.165) is 54.5 Å². The quantitative estimate of drug-likeness (QED) is 0.508. The zero-order valence-corrected chi connectivity index (χ0v) is 17.6. The second kappa shape index (κ2) is 7.76. The number of aliphatic imine (C=N–C) groups is 1. The molecule has 0 spiro atoms. The van der Waals surface area contributed by atoms with E-state index in [4.69, 9.17) is 4.98 Å². The molecule has 7 nitrogen and oxygen atoms in total. The molecule has 0 unspecified atom stereocenters. The number of aliphatic hydroxyl groups is 1. The highest BCUT2D eigenvalue weighted by atomic mass is 16.3. The highest BCUT2D eigenvalue weighted by Crippen LogP contribution is 2.29. The summed E-state index contributed by atoms with van der Waals surface area (Å²) in [4.78, 5) is 16.1. The molecule has 1 saturated heterocycles. The number of imidazole rings is 1. The lowest BCUT2D eigenvalue weighted by atomic mass is 10.0. The second-order valence-corrected chi connectivity index (χ2v) is 8.47. The second-order valence-electron chi connectivity index (χ2n) is 8.47. The molecule has 0 amide bonds. The fraction of sp³-hybridized carbons (Fsp3) is 0.240. The number of aliphatic hydroxyl groups excluding tert-OH is 1. The van der Waals surface area contributed by atoms with Crippen LogP contribution in [0.4, 0.5) is 17.2 Å². The van der Waals surface area contributed by atoms with Crippen molar-refractivity contribution in [2.24, 2.45) is 10.9 Å². The van der Waals surface area contributed by atoms with Gasteiger partial charge in [0.05, 0.1) is 12.2 Å². The molecule has 1 fully saturated rings. The van der Waals surface area contributed by atoms with E-state index in [1.165, 1.54) is 16.8 Å². The molecule has 0 radical (unpaired) electrons. The summed E-state index contributed by atoms with van der Waals surface area (Å²) in [6.07, 6.45) is 8.71. The predicted octanol–water partition coefficient (Wildman–Crippen LogP) is 3.89. The van der Waals surface area contributed by atoms with Crippen molar-refractivity contribution in [2.45, 2.75) is 13.0 Å². The monoisotopic (exact) mass is 424 g/mol. The van der Waals surface area contributed by atoms with E-state index in [9.17, 15) is 5.11 Å². The molecule has 32 heavy (non-hydrogen) atoms. The first-order valence-corrected chi connectivity index (χ1v) is 11.0. The Balaban J connectivity index is 1.29. The molecule has 0 aliphatic carbocycles. The standard InChI is InChI=1S/C25H24N6O/c32-16-17-7-9-30(14-17)22-5-3-21(4-6-22)28-24-25-27-8-10-31(25)15-23(29-24)18-1-2-19-12-26-13-20(19)11-18/h1-6,8,10-12,15,17,32H,7,9,13-14,16H2,(H,28,29)/t17-/m1/s1. The molecule has 2 aliphatic heterocycles. The van der Waals surface area contributed by atoms with Crippen molar-refractivity contribution in [2.75, 3.05) is 29.9 Å². The average Bonchev–Trinajstić information content (AvgIpc) is 3.59. The van der Waals surface area contributed by atoms with E-state index in [1.54, 1.807) is 6.20 Å². The molecule has 0 saturated carbocycles. The SMILES string of the molecule is OC[C@@H]1CCN(c2ccc(Nc3nc(-c4ccc5c(c4)CN=C5)cn4ccnc34)cc2)C1. The first-order valence-electron chi connectivity index (χ1n) is 11.0. The summed E-state index contributed by atoms with van der Waals surface area (Å²) >= 11 is 0. The Morgan fingerprint density at radius 2 is 2.03 bits per heavy atom. The van der Waals surface area contributed by atoms with Gasteiger partial charge in [0.1, 0.15) is 0 Å². The van der Waals surface area contributed by atoms with Gasteiger partial charge >= 0.3 is 0 Å². The largest absolute Gasteiger partial charge is 0.396 e. The van der Waals surface area contributed by atoms with Crippen LogP contribution in [0.3, 0.4) is 0 Å². The van der Waals surface area contributed by atoms with Crippen molar-refractivity contribution < 1.29 is 5.11 Å². The number of rotatable bonds is 5. The first-order chi connectivity index (χ1) is 15.8. The van der Waals surface area contributed by atoms with Crippen LogP contribution in [0, 0.1) is 5.92 Å². The zero-order chi connectivity index (χ0) is 21.5. The Kier molecular flexibility index (Phi) is 4.61. The molecule has 6 rings (SSSR count). The van der Waals surface area contributed by atoms with Crippen LogP contribution in [0.15, 0.2) is 66.0 Å². The minimum Gasteiger partial charge on any atom is -0.396 e. The van der Waals surface area contributed by atoms with Gasteiger partial charge in [-0.1, -0.05) is 12.1 Å². The lowest BCUT2D eigenvalue weighted by Gasteiger charge is -2.19. The van der Waals surface area contributed by atoms with Crippen LogP contribution in [0.5, 0.6) is 0 Å². The molecular formula is C25H24N6O. The molecule has 7 heteroatoms. The van der Waals surface area contributed by atoms with Crippen LogP contribution in [0.25, 0.3) is 16.9 Å². The third kappa shape index (κ3) is 3.40. The Hall–Kier alpha value is -3.71. The van der Waals surface area contributed by atoms with E-state index >= 15 is 0 Å². The van der Waals surface area contributed by atoms with E-state index in [0.29, 0.717) is 5.92 Å². The van der Waals surface area contributed by atoms with Gasteiger partial charge in [-0.3, -0.25) is 4.99 Å². The average molecular weight is 425 g/mol. The number of benzene rings is 2. The third-order valence-corrected chi connectivity index (χ3v) is 6.34. The number of fused-ring (bicyclic) bond motifs is 2. The van der Waals surface area contributed by atoms with E-state index < -0.39 is 0 Å². The Morgan fingerprint density at radius 3 is 2.88 bits per heavy atom. The fourth-order valence-corrected chi connectivity index (χ4v) is 4.53. The number of aromatic nitrogens is 3. The molecule has 4 heterocycles. The Morgan fingerprint density at radius 1 is 1.12 bits per heavy atom. The fourth-order valence-electron chi connectivity index (χ4n) is 4.53. The maximum atomic E-state index is 9.40. The first kappa shape index (κ1) is 19.0. The molecule has 160 valence electrons. The maximum absolute atomic E-state index is 9.40. The molecule has 2 aliphatic rings. The normalized spacial score (nSPS) is 17.3. The molecular weight excluding hydrogens is 400 g/mol. The number of nitrogens with zero attached hydrogens (tertiary/aromatic N) is 5. The zero-order valence-electron chi connectivity index (χ0n) is 17.6. The summed E-state index contributed by atoms with van der Waals surface area (Å²) in [6.45, 7) is 2.88. The van der Waals surface area contributed by atoms with Gasteiger partial charge in [0.2, 0.25) is 0 Å². The van der Waals surface area contributed by atoms with Gasteiger partial charge in [-0.15, -0.1) is 0 Å². The third-order valence-electron chi connectivity index (χ3n) is 6.34. The molecule has 4 aromatic rings. The molecule has 0 bridgehead atoms. The highest BCUT2D eigenvalue weighted by molar-refractivity contribution is 5.86. The van der Waals surface area contributed by atoms with Crippen molar-refractivity contribution in [3.05, 3.63) is 72.2 Å². The van der Waals surface area contributed by atoms with Crippen LogP contribution >= 0.6 is 0 Å². The Bertz CT molecular complexity index is 1310. The summed E-state index contributed by atoms with van der Waals surface area (Å²) in [7, 11) is 0. The van der Waals surface area contributed by atoms with Gasteiger partial charge in [-0.2, -0.15) is 0 Å². The maximum Gasteiger partial charge on any atom is 0.180 e. The predicted molar refractivity (Wildman–Crippen MR) is 127 cm³/mol. The smallest absolute Gasteiger partial charge is 0.180 e. The van der Waals surface area contributed by atoms with Crippen molar-refractivity contribution in [3.8, 4) is 11.3 Å². The van der Waals surface area contributed by atoms with Crippen LogP contribution in [0.1, 0.15) is 17.5 Å². The van der Waals surface area contributed by atoms with Crippen LogP contribution in [-0.4, -0.2) is 45.4 Å². The van der Waals surface area contributed by atoms with Gasteiger partial charge in [0, 0.05) is 67.4 Å². The minimum atomic E-state index is 0.260. The summed E-state index contributed by atoms with van der Waals surface area (Å²) in [5, 5.41) is 12.9. The van der Waals surface area contributed by atoms with Crippen molar-refractivity contribution in [3.63, 3.8) is 0 Å². The minimum absolute atomic E-state index is 0.260. The number of nitrogens with one attached hydrogen (secondary N) is 1. The van der Waals surface area contributed by atoms with Crippen LogP contribution in [-0.2, 0) is 6.54 Å². The van der Waals surface area contributed by atoms with Gasteiger partial charge in [0.15, 0.2) is 11.5 Å². The number of hydrogen-bond acceptors (Lipinski definition) is 6. The summed E-state index contributed by atoms with van der Waals surface area (Å²) in [6, 6.07) is 14.7. The number of anilines is 3. The number of hydrogen-bond donors (Lipinski definition) is 2. The molecule has 2 N–H and O–H groups in total.